The van der Waals surface area contributed by atoms with E-state index < -0.39 is 5.92 Å². The van der Waals surface area contributed by atoms with E-state index in [9.17, 15) is 9.59 Å². The van der Waals surface area contributed by atoms with Crippen LogP contribution in [0.4, 0.5) is 0 Å². The topological polar surface area (TPSA) is 47.0 Å². The van der Waals surface area contributed by atoms with Crippen molar-refractivity contribution >= 4 is 11.6 Å². The Labute approximate surface area is 109 Å². The number of Topliss-reactive ketones (excluding diaryl/α,β-unsaturated/α-hetero) is 2. The fraction of sp³-hybridized carbons (Fsp3) is 0.533. The Morgan fingerprint density at radius 3 is 2.33 bits per heavy atom. The highest BCUT2D eigenvalue weighted by atomic mass is 16.2. The maximum absolute atomic E-state index is 12.0. The summed E-state index contributed by atoms with van der Waals surface area (Å²) in [5.41, 5.74) is 1.51. The smallest absolute Gasteiger partial charge is 0.191 e. The molecular formula is C15H21NO2. The van der Waals surface area contributed by atoms with Crippen LogP contribution >= 0.6 is 0 Å². The number of hydrogen-bond acceptors (Lipinski definition) is 3. The van der Waals surface area contributed by atoms with Gasteiger partial charge in [-0.25, -0.2) is 0 Å². The van der Waals surface area contributed by atoms with Crippen molar-refractivity contribution < 1.29 is 9.59 Å². The van der Waals surface area contributed by atoms with E-state index in [1.54, 1.807) is 26.1 Å². The summed E-state index contributed by atoms with van der Waals surface area (Å²) in [4.78, 5) is 27.7. The molecule has 0 amide bonds. The zero-order chi connectivity index (χ0) is 13.7. The lowest BCUT2D eigenvalue weighted by atomic mass is 9.96. The zero-order valence-electron chi connectivity index (χ0n) is 11.6. The van der Waals surface area contributed by atoms with Gasteiger partial charge in [0, 0.05) is 12.6 Å². The molecule has 0 aliphatic heterocycles. The molecule has 1 aromatic rings. The number of nitrogens with zero attached hydrogens (tertiary/aromatic N) is 1. The molecule has 0 aliphatic rings. The van der Waals surface area contributed by atoms with Crippen molar-refractivity contribution in [2.45, 2.75) is 40.5 Å². The lowest BCUT2D eigenvalue weighted by Gasteiger charge is -2.09. The van der Waals surface area contributed by atoms with Crippen molar-refractivity contribution in [3.05, 3.63) is 29.6 Å². The molecule has 1 rings (SSSR count). The number of carbonyl (C=O) groups is 2. The summed E-state index contributed by atoms with van der Waals surface area (Å²) in [6, 6.07) is 3.64. The second-order valence-corrected chi connectivity index (χ2v) is 5.06. The number of carbonyl (C=O) groups excluding carboxylic acids is 2. The molecule has 3 nitrogen and oxygen atoms in total. The summed E-state index contributed by atoms with van der Waals surface area (Å²) >= 11 is 0. The molecule has 98 valence electrons. The van der Waals surface area contributed by atoms with Crippen LogP contribution in [-0.2, 0) is 11.2 Å². The number of aromatic nitrogens is 1. The lowest BCUT2D eigenvalue weighted by molar-refractivity contribution is -0.120. The van der Waals surface area contributed by atoms with Gasteiger partial charge in [-0.2, -0.15) is 0 Å². The van der Waals surface area contributed by atoms with Crippen LogP contribution in [0.3, 0.4) is 0 Å². The van der Waals surface area contributed by atoms with Gasteiger partial charge in [-0.15, -0.1) is 0 Å². The highest BCUT2D eigenvalue weighted by molar-refractivity contribution is 6.09. The molecule has 1 unspecified atom stereocenters. The average Bonchev–Trinajstić information content (AvgIpc) is 2.36. The summed E-state index contributed by atoms with van der Waals surface area (Å²) in [5.74, 6) is -0.238. The minimum Gasteiger partial charge on any atom is -0.299 e. The van der Waals surface area contributed by atoms with Crippen molar-refractivity contribution in [1.29, 1.82) is 0 Å². The minimum absolute atomic E-state index is 0.0342. The van der Waals surface area contributed by atoms with Gasteiger partial charge in [-0.1, -0.05) is 26.8 Å². The normalized spacial score (nSPS) is 12.5. The first-order valence-corrected chi connectivity index (χ1v) is 6.47. The fourth-order valence-corrected chi connectivity index (χ4v) is 1.84. The van der Waals surface area contributed by atoms with Gasteiger partial charge < -0.3 is 0 Å². The van der Waals surface area contributed by atoms with Crippen LogP contribution in [0.5, 0.6) is 0 Å². The Balaban J connectivity index is 2.79. The highest BCUT2D eigenvalue weighted by Crippen LogP contribution is 2.12. The van der Waals surface area contributed by atoms with Gasteiger partial charge in [0.1, 0.15) is 11.5 Å². The molecule has 0 spiro atoms. The van der Waals surface area contributed by atoms with E-state index in [0.29, 0.717) is 18.0 Å². The monoisotopic (exact) mass is 247 g/mol. The second-order valence-electron chi connectivity index (χ2n) is 5.06. The molecule has 0 radical (unpaired) electrons. The third-order valence-corrected chi connectivity index (χ3v) is 2.95. The molecule has 1 heterocycles. The third kappa shape index (κ3) is 3.76. The second kappa shape index (κ2) is 6.43. The van der Waals surface area contributed by atoms with Crippen LogP contribution in [0.15, 0.2) is 18.3 Å². The number of ketones is 2. The van der Waals surface area contributed by atoms with Gasteiger partial charge in [0.05, 0.1) is 5.92 Å². The highest BCUT2D eigenvalue weighted by Gasteiger charge is 2.22. The fourth-order valence-electron chi connectivity index (χ4n) is 1.84. The molecule has 0 fully saturated rings. The summed E-state index contributed by atoms with van der Waals surface area (Å²) < 4.78 is 0. The zero-order valence-corrected chi connectivity index (χ0v) is 11.6. The van der Waals surface area contributed by atoms with E-state index >= 15 is 0 Å². The first kappa shape index (κ1) is 14.6. The van der Waals surface area contributed by atoms with Gasteiger partial charge >= 0.3 is 0 Å². The maximum atomic E-state index is 12.0. The van der Waals surface area contributed by atoms with Gasteiger partial charge in [0.25, 0.3) is 0 Å². The van der Waals surface area contributed by atoms with Crippen molar-refractivity contribution in [2.24, 2.45) is 11.8 Å². The minimum atomic E-state index is -0.585. The Kier molecular flexibility index (Phi) is 5.20. The van der Waals surface area contributed by atoms with Crippen molar-refractivity contribution in [3.8, 4) is 0 Å². The average molecular weight is 247 g/mol. The Morgan fingerprint density at radius 1 is 1.22 bits per heavy atom. The quantitative estimate of drug-likeness (QED) is 0.573. The standard InChI is InChI=1S/C15H21NO2/c1-5-14(17)11(4)15(18)13-7-6-12(9-16-13)8-10(2)3/h6-7,9-11H,5,8H2,1-4H3. The Hall–Kier alpha value is -1.51. The van der Waals surface area contributed by atoms with Crippen molar-refractivity contribution in [1.82, 2.24) is 4.98 Å². The van der Waals surface area contributed by atoms with Crippen LogP contribution in [0.2, 0.25) is 0 Å². The number of hydrogen-bond donors (Lipinski definition) is 0. The van der Waals surface area contributed by atoms with Crippen LogP contribution in [0.1, 0.15) is 50.2 Å². The lowest BCUT2D eigenvalue weighted by Crippen LogP contribution is -2.21. The molecule has 0 saturated heterocycles. The van der Waals surface area contributed by atoms with E-state index in [2.05, 4.69) is 18.8 Å². The molecule has 1 aromatic heterocycles. The van der Waals surface area contributed by atoms with Gasteiger partial charge in [0.2, 0.25) is 0 Å². The third-order valence-electron chi connectivity index (χ3n) is 2.95. The van der Waals surface area contributed by atoms with Gasteiger partial charge in [-0.05, 0) is 30.9 Å². The summed E-state index contributed by atoms with van der Waals surface area (Å²) in [6.07, 6.45) is 3.07. The van der Waals surface area contributed by atoms with Gasteiger partial charge in [0.15, 0.2) is 5.78 Å². The van der Waals surface area contributed by atoms with E-state index in [4.69, 9.17) is 0 Å². The largest absolute Gasteiger partial charge is 0.299 e. The molecule has 0 N–H and O–H groups in total. The Bertz CT molecular complexity index is 421. The van der Waals surface area contributed by atoms with Crippen LogP contribution < -0.4 is 0 Å². The molecule has 18 heavy (non-hydrogen) atoms. The predicted octanol–water partition coefficient (Wildman–Crippen LogP) is 3.08. The molecule has 0 bridgehead atoms. The van der Waals surface area contributed by atoms with Crippen LogP contribution in [0, 0.1) is 11.8 Å². The van der Waals surface area contributed by atoms with Crippen LogP contribution in [0.25, 0.3) is 0 Å². The SMILES string of the molecule is CCC(=O)C(C)C(=O)c1ccc(CC(C)C)cn1. The first-order valence-electron chi connectivity index (χ1n) is 6.47. The van der Waals surface area contributed by atoms with E-state index in [1.165, 1.54) is 0 Å². The van der Waals surface area contributed by atoms with Crippen molar-refractivity contribution in [2.75, 3.05) is 0 Å². The first-order chi connectivity index (χ1) is 8.45. The molecule has 0 saturated carbocycles. The van der Waals surface area contributed by atoms with Crippen LogP contribution in [-0.4, -0.2) is 16.6 Å². The molecule has 1 atom stereocenters. The summed E-state index contributed by atoms with van der Waals surface area (Å²) in [5, 5.41) is 0. The van der Waals surface area contributed by atoms with E-state index in [0.717, 1.165) is 12.0 Å². The predicted molar refractivity (Wildman–Crippen MR) is 71.6 cm³/mol. The maximum Gasteiger partial charge on any atom is 0.191 e. The number of pyridine rings is 1. The Morgan fingerprint density at radius 2 is 1.89 bits per heavy atom. The summed E-state index contributed by atoms with van der Waals surface area (Å²) in [6.45, 7) is 7.70. The number of rotatable bonds is 6. The van der Waals surface area contributed by atoms with Crippen molar-refractivity contribution in [3.63, 3.8) is 0 Å². The molecule has 3 heteroatoms. The van der Waals surface area contributed by atoms with E-state index in [1.807, 2.05) is 6.07 Å². The van der Waals surface area contributed by atoms with Gasteiger partial charge in [-0.3, -0.25) is 14.6 Å². The molecule has 0 aromatic carbocycles. The molecule has 0 aliphatic carbocycles. The molecular weight excluding hydrogens is 226 g/mol. The van der Waals surface area contributed by atoms with E-state index in [-0.39, 0.29) is 11.6 Å². The summed E-state index contributed by atoms with van der Waals surface area (Å²) in [7, 11) is 0.